The summed E-state index contributed by atoms with van der Waals surface area (Å²) in [4.78, 5) is 0.131. The number of rotatable bonds is 4. The first-order valence-corrected chi connectivity index (χ1v) is 6.18. The highest BCUT2D eigenvalue weighted by molar-refractivity contribution is 7.89. The number of alkyl halides is 1. The van der Waals surface area contributed by atoms with Crippen molar-refractivity contribution in [1.82, 2.24) is 4.72 Å². The Balaban J connectivity index is 2.92. The number of nitriles is 1. The Labute approximate surface area is 93.5 Å². The van der Waals surface area contributed by atoms with Crippen molar-refractivity contribution < 1.29 is 8.42 Å². The Morgan fingerprint density at radius 3 is 2.40 bits per heavy atom. The molecule has 0 heterocycles. The highest BCUT2D eigenvalue weighted by Gasteiger charge is 2.12. The van der Waals surface area contributed by atoms with Gasteiger partial charge < -0.3 is 0 Å². The van der Waals surface area contributed by atoms with Crippen molar-refractivity contribution in [1.29, 1.82) is 5.26 Å². The summed E-state index contributed by atoms with van der Waals surface area (Å²) < 4.78 is 25.4. The van der Waals surface area contributed by atoms with Crippen LogP contribution in [0.15, 0.2) is 29.2 Å². The first-order valence-electron chi connectivity index (χ1n) is 4.16. The maximum absolute atomic E-state index is 11.5. The summed E-state index contributed by atoms with van der Waals surface area (Å²) in [7, 11) is -3.49. The molecule has 0 aliphatic rings. The van der Waals surface area contributed by atoms with Crippen LogP contribution in [0.4, 0.5) is 0 Å². The van der Waals surface area contributed by atoms with Crippen LogP contribution in [0.3, 0.4) is 0 Å². The molecule has 0 spiro atoms. The summed E-state index contributed by atoms with van der Waals surface area (Å²) in [5.74, 6) is 0.218. The van der Waals surface area contributed by atoms with Gasteiger partial charge in [0.2, 0.25) is 10.0 Å². The van der Waals surface area contributed by atoms with E-state index in [-0.39, 0.29) is 17.3 Å². The Morgan fingerprint density at radius 1 is 1.33 bits per heavy atom. The van der Waals surface area contributed by atoms with Gasteiger partial charge in [-0.25, -0.2) is 13.1 Å². The van der Waals surface area contributed by atoms with E-state index in [0.717, 1.165) is 0 Å². The zero-order valence-electron chi connectivity index (χ0n) is 7.77. The number of nitrogens with one attached hydrogen (secondary N) is 1. The van der Waals surface area contributed by atoms with Gasteiger partial charge in [0.15, 0.2) is 0 Å². The second-order valence-corrected chi connectivity index (χ2v) is 4.87. The van der Waals surface area contributed by atoms with Gasteiger partial charge in [0, 0.05) is 12.4 Å². The lowest BCUT2D eigenvalue weighted by atomic mass is 10.2. The second-order valence-electron chi connectivity index (χ2n) is 2.72. The highest BCUT2D eigenvalue weighted by Crippen LogP contribution is 2.09. The molecule has 0 bridgehead atoms. The van der Waals surface area contributed by atoms with E-state index in [4.69, 9.17) is 16.9 Å². The van der Waals surface area contributed by atoms with Crippen LogP contribution in [-0.4, -0.2) is 20.8 Å². The fourth-order valence-electron chi connectivity index (χ4n) is 0.965. The topological polar surface area (TPSA) is 70.0 Å². The van der Waals surface area contributed by atoms with E-state index in [2.05, 4.69) is 4.72 Å². The third-order valence-corrected chi connectivity index (χ3v) is 3.35. The van der Waals surface area contributed by atoms with E-state index >= 15 is 0 Å². The molecule has 0 aliphatic carbocycles. The van der Waals surface area contributed by atoms with Crippen molar-refractivity contribution >= 4 is 21.6 Å². The minimum absolute atomic E-state index is 0.131. The minimum Gasteiger partial charge on any atom is -0.210 e. The summed E-state index contributed by atoms with van der Waals surface area (Å²) in [5.41, 5.74) is 0.422. The number of halogens is 1. The van der Waals surface area contributed by atoms with Crippen molar-refractivity contribution in [2.45, 2.75) is 4.90 Å². The maximum atomic E-state index is 11.5. The van der Waals surface area contributed by atoms with E-state index in [1.807, 2.05) is 6.07 Å². The molecule has 1 aromatic carbocycles. The van der Waals surface area contributed by atoms with Crippen LogP contribution in [-0.2, 0) is 10.0 Å². The molecule has 0 amide bonds. The van der Waals surface area contributed by atoms with Crippen LogP contribution >= 0.6 is 11.6 Å². The molecule has 15 heavy (non-hydrogen) atoms. The minimum atomic E-state index is -3.49. The lowest BCUT2D eigenvalue weighted by Gasteiger charge is -2.04. The fourth-order valence-corrected chi connectivity index (χ4v) is 2.20. The maximum Gasteiger partial charge on any atom is 0.240 e. The van der Waals surface area contributed by atoms with Crippen LogP contribution in [0.25, 0.3) is 0 Å². The summed E-state index contributed by atoms with van der Waals surface area (Å²) in [6.07, 6.45) is 0. The summed E-state index contributed by atoms with van der Waals surface area (Å²) in [5, 5.41) is 8.54. The van der Waals surface area contributed by atoms with Gasteiger partial charge in [0.05, 0.1) is 16.5 Å². The molecule has 0 saturated heterocycles. The predicted octanol–water partition coefficient (Wildman–Crippen LogP) is 1.08. The number of sulfonamides is 1. The van der Waals surface area contributed by atoms with E-state index in [0.29, 0.717) is 5.56 Å². The molecule has 0 atom stereocenters. The van der Waals surface area contributed by atoms with Gasteiger partial charge in [0.25, 0.3) is 0 Å². The Kier molecular flexibility index (Phi) is 4.09. The number of hydrogen-bond acceptors (Lipinski definition) is 3. The van der Waals surface area contributed by atoms with Crippen LogP contribution in [0.2, 0.25) is 0 Å². The van der Waals surface area contributed by atoms with Crippen molar-refractivity contribution in [3.63, 3.8) is 0 Å². The Bertz CT molecular complexity index is 462. The zero-order chi connectivity index (χ0) is 11.3. The molecule has 80 valence electrons. The smallest absolute Gasteiger partial charge is 0.210 e. The largest absolute Gasteiger partial charge is 0.240 e. The molecular weight excluding hydrogens is 236 g/mol. The first-order chi connectivity index (χ1) is 7.10. The van der Waals surface area contributed by atoms with Crippen molar-refractivity contribution in [3.8, 4) is 6.07 Å². The molecule has 1 N–H and O–H groups in total. The van der Waals surface area contributed by atoms with Gasteiger partial charge in [-0.15, -0.1) is 11.6 Å². The molecule has 0 saturated carbocycles. The van der Waals surface area contributed by atoms with Gasteiger partial charge in [-0.3, -0.25) is 0 Å². The van der Waals surface area contributed by atoms with Crippen LogP contribution < -0.4 is 4.72 Å². The van der Waals surface area contributed by atoms with Crippen molar-refractivity contribution in [2.75, 3.05) is 12.4 Å². The molecule has 1 aromatic rings. The van der Waals surface area contributed by atoms with Gasteiger partial charge in [-0.1, -0.05) is 0 Å². The predicted molar refractivity (Wildman–Crippen MR) is 57.1 cm³/mol. The number of benzene rings is 1. The molecule has 0 radical (unpaired) electrons. The van der Waals surface area contributed by atoms with Gasteiger partial charge >= 0.3 is 0 Å². The lowest BCUT2D eigenvalue weighted by molar-refractivity contribution is 0.584. The monoisotopic (exact) mass is 244 g/mol. The number of nitrogens with zero attached hydrogens (tertiary/aromatic N) is 1. The summed E-state index contributed by atoms with van der Waals surface area (Å²) >= 11 is 5.37. The van der Waals surface area contributed by atoms with Gasteiger partial charge in [0.1, 0.15) is 0 Å². The highest BCUT2D eigenvalue weighted by atomic mass is 35.5. The van der Waals surface area contributed by atoms with Crippen molar-refractivity contribution in [3.05, 3.63) is 29.8 Å². The molecule has 0 aromatic heterocycles. The van der Waals surface area contributed by atoms with Crippen LogP contribution in [0, 0.1) is 11.3 Å². The standard InChI is InChI=1S/C9H9ClN2O2S/c10-5-6-12-15(13,14)9-3-1-8(7-11)2-4-9/h1-4,12H,5-6H2. The fraction of sp³-hybridized carbons (Fsp3) is 0.222. The molecule has 6 heteroatoms. The SMILES string of the molecule is N#Cc1ccc(S(=O)(=O)NCCCl)cc1. The molecule has 4 nitrogen and oxygen atoms in total. The third-order valence-electron chi connectivity index (χ3n) is 1.68. The molecule has 0 unspecified atom stereocenters. The first kappa shape index (κ1) is 12.0. The molecule has 1 rings (SSSR count). The van der Waals surface area contributed by atoms with Crippen LogP contribution in [0.5, 0.6) is 0 Å². The Morgan fingerprint density at radius 2 is 1.93 bits per heavy atom. The van der Waals surface area contributed by atoms with Gasteiger partial charge in [-0.05, 0) is 24.3 Å². The van der Waals surface area contributed by atoms with E-state index in [9.17, 15) is 8.42 Å². The van der Waals surface area contributed by atoms with Crippen LogP contribution in [0.1, 0.15) is 5.56 Å². The normalized spacial score (nSPS) is 10.9. The zero-order valence-corrected chi connectivity index (χ0v) is 9.35. The summed E-state index contributed by atoms with van der Waals surface area (Å²) in [6.45, 7) is 0.184. The molecule has 0 aliphatic heterocycles. The molecular formula is C9H9ClN2O2S. The molecule has 0 fully saturated rings. The van der Waals surface area contributed by atoms with E-state index in [1.165, 1.54) is 24.3 Å². The number of hydrogen-bond donors (Lipinski definition) is 1. The van der Waals surface area contributed by atoms with E-state index in [1.54, 1.807) is 0 Å². The third kappa shape index (κ3) is 3.20. The van der Waals surface area contributed by atoms with Crippen molar-refractivity contribution in [2.24, 2.45) is 0 Å². The quantitative estimate of drug-likeness (QED) is 0.806. The van der Waals surface area contributed by atoms with Gasteiger partial charge in [-0.2, -0.15) is 5.26 Å². The summed E-state index contributed by atoms with van der Waals surface area (Å²) in [6, 6.07) is 7.59. The second kappa shape index (κ2) is 5.12. The average molecular weight is 245 g/mol. The van der Waals surface area contributed by atoms with E-state index < -0.39 is 10.0 Å². The Hall–Kier alpha value is -1.09. The lowest BCUT2D eigenvalue weighted by Crippen LogP contribution is -2.25. The average Bonchev–Trinajstić information content (AvgIpc) is 2.26.